The van der Waals surface area contributed by atoms with Crippen molar-refractivity contribution in [3.05, 3.63) is 43.0 Å². The number of imidazole rings is 1. The summed E-state index contributed by atoms with van der Waals surface area (Å²) in [5, 5.41) is 3.77. The van der Waals surface area contributed by atoms with Gasteiger partial charge in [-0.05, 0) is 36.8 Å². The Morgan fingerprint density at radius 1 is 1.24 bits per heavy atom. The molecule has 1 aliphatic rings. The molecule has 2 atom stereocenters. The third-order valence-electron chi connectivity index (χ3n) is 4.70. The van der Waals surface area contributed by atoms with Crippen molar-refractivity contribution in [2.45, 2.75) is 45.6 Å². The van der Waals surface area contributed by atoms with Crippen molar-refractivity contribution < 1.29 is 0 Å². The summed E-state index contributed by atoms with van der Waals surface area (Å²) in [6, 6.07) is 9.10. The predicted molar refractivity (Wildman–Crippen MR) is 87.8 cm³/mol. The van der Waals surface area contributed by atoms with Gasteiger partial charge in [-0.25, -0.2) is 4.98 Å². The van der Waals surface area contributed by atoms with Crippen molar-refractivity contribution in [2.24, 2.45) is 11.8 Å². The molecule has 1 aliphatic carbocycles. The summed E-state index contributed by atoms with van der Waals surface area (Å²) in [4.78, 5) is 4.16. The molecule has 1 fully saturated rings. The van der Waals surface area contributed by atoms with E-state index in [1.54, 1.807) is 0 Å². The van der Waals surface area contributed by atoms with Crippen LogP contribution in [0, 0.1) is 11.8 Å². The summed E-state index contributed by atoms with van der Waals surface area (Å²) in [5.41, 5.74) is 2.39. The summed E-state index contributed by atoms with van der Waals surface area (Å²) in [6.45, 7) is 4.71. The molecule has 1 aromatic carbocycles. The second-order valence-corrected chi connectivity index (χ2v) is 6.50. The molecule has 1 N–H and O–H groups in total. The maximum atomic E-state index is 4.16. The standard InChI is InChI=1S/C18H25N3/c1-14(2)15-6-5-7-16(12-15)20-17-8-3-4-9-18(17)21-11-10-19-13-21/h3-4,8-11,13-16,20H,5-7,12H2,1-2H3. The van der Waals surface area contributed by atoms with E-state index in [0.717, 1.165) is 11.8 Å². The number of hydrogen-bond donors (Lipinski definition) is 1. The second-order valence-electron chi connectivity index (χ2n) is 6.50. The molecule has 1 heterocycles. The molecule has 0 bridgehead atoms. The van der Waals surface area contributed by atoms with E-state index in [4.69, 9.17) is 0 Å². The van der Waals surface area contributed by atoms with Gasteiger partial charge in [0.1, 0.15) is 0 Å². The Morgan fingerprint density at radius 2 is 2.10 bits per heavy atom. The first-order valence-electron chi connectivity index (χ1n) is 8.08. The topological polar surface area (TPSA) is 29.9 Å². The summed E-state index contributed by atoms with van der Waals surface area (Å²) in [6.07, 6.45) is 11.0. The van der Waals surface area contributed by atoms with Crippen LogP contribution in [0.25, 0.3) is 5.69 Å². The van der Waals surface area contributed by atoms with Crippen LogP contribution in [0.3, 0.4) is 0 Å². The fraction of sp³-hybridized carbons (Fsp3) is 0.500. The largest absolute Gasteiger partial charge is 0.381 e. The van der Waals surface area contributed by atoms with Gasteiger partial charge in [-0.15, -0.1) is 0 Å². The zero-order chi connectivity index (χ0) is 14.7. The molecule has 21 heavy (non-hydrogen) atoms. The molecule has 0 saturated heterocycles. The van der Waals surface area contributed by atoms with Gasteiger partial charge in [0.05, 0.1) is 17.7 Å². The summed E-state index contributed by atoms with van der Waals surface area (Å²) < 4.78 is 2.07. The zero-order valence-corrected chi connectivity index (χ0v) is 13.0. The van der Waals surface area contributed by atoms with Gasteiger partial charge in [0.25, 0.3) is 0 Å². The maximum Gasteiger partial charge on any atom is 0.0992 e. The Bertz CT molecular complexity index is 560. The van der Waals surface area contributed by atoms with Crippen LogP contribution < -0.4 is 5.32 Å². The molecule has 0 spiro atoms. The minimum atomic E-state index is 0.593. The van der Waals surface area contributed by atoms with E-state index in [-0.39, 0.29) is 0 Å². The van der Waals surface area contributed by atoms with Crippen molar-refractivity contribution in [2.75, 3.05) is 5.32 Å². The van der Waals surface area contributed by atoms with Gasteiger partial charge in [-0.1, -0.05) is 38.8 Å². The highest BCUT2D eigenvalue weighted by molar-refractivity contribution is 5.61. The molecule has 3 nitrogen and oxygen atoms in total. The minimum absolute atomic E-state index is 0.593. The molecular weight excluding hydrogens is 258 g/mol. The van der Waals surface area contributed by atoms with Crippen LogP contribution in [0.4, 0.5) is 5.69 Å². The molecule has 0 aliphatic heterocycles. The molecule has 1 aromatic heterocycles. The molecule has 112 valence electrons. The van der Waals surface area contributed by atoms with Crippen LogP contribution in [0.15, 0.2) is 43.0 Å². The van der Waals surface area contributed by atoms with Crippen molar-refractivity contribution >= 4 is 5.69 Å². The highest BCUT2D eigenvalue weighted by atomic mass is 15.1. The predicted octanol–water partition coefficient (Wildman–Crippen LogP) is 4.50. The lowest BCUT2D eigenvalue weighted by atomic mass is 9.79. The van der Waals surface area contributed by atoms with Gasteiger partial charge < -0.3 is 9.88 Å². The van der Waals surface area contributed by atoms with E-state index in [1.165, 1.54) is 37.1 Å². The fourth-order valence-corrected chi connectivity index (χ4v) is 3.41. The molecule has 3 rings (SSSR count). The molecule has 3 heteroatoms. The first-order chi connectivity index (χ1) is 10.2. The van der Waals surface area contributed by atoms with Crippen LogP contribution in [-0.4, -0.2) is 15.6 Å². The van der Waals surface area contributed by atoms with E-state index in [2.05, 4.69) is 53.0 Å². The molecule has 2 unspecified atom stereocenters. The molecule has 2 aromatic rings. The Hall–Kier alpha value is -1.77. The Balaban J connectivity index is 1.76. The average molecular weight is 283 g/mol. The number of nitrogens with one attached hydrogen (secondary N) is 1. The number of benzene rings is 1. The van der Waals surface area contributed by atoms with Crippen LogP contribution >= 0.6 is 0 Å². The highest BCUT2D eigenvalue weighted by Crippen LogP contribution is 2.32. The van der Waals surface area contributed by atoms with Gasteiger partial charge in [0.15, 0.2) is 0 Å². The van der Waals surface area contributed by atoms with Crippen LogP contribution in [-0.2, 0) is 0 Å². The fourth-order valence-electron chi connectivity index (χ4n) is 3.41. The lowest BCUT2D eigenvalue weighted by molar-refractivity contribution is 0.264. The zero-order valence-electron chi connectivity index (χ0n) is 13.0. The first-order valence-corrected chi connectivity index (χ1v) is 8.08. The molecular formula is C18H25N3. The number of nitrogens with zero attached hydrogens (tertiary/aromatic N) is 2. The quantitative estimate of drug-likeness (QED) is 0.895. The first kappa shape index (κ1) is 14.2. The average Bonchev–Trinajstić information content (AvgIpc) is 3.02. The number of anilines is 1. The van der Waals surface area contributed by atoms with Gasteiger partial charge in [-0.3, -0.25) is 0 Å². The highest BCUT2D eigenvalue weighted by Gasteiger charge is 2.24. The van der Waals surface area contributed by atoms with Gasteiger partial charge in [0, 0.05) is 18.4 Å². The Labute approximate surface area is 127 Å². The van der Waals surface area contributed by atoms with E-state index in [9.17, 15) is 0 Å². The summed E-state index contributed by atoms with van der Waals surface area (Å²) >= 11 is 0. The van der Waals surface area contributed by atoms with Crippen molar-refractivity contribution in [1.29, 1.82) is 0 Å². The van der Waals surface area contributed by atoms with Gasteiger partial charge in [-0.2, -0.15) is 0 Å². The second kappa shape index (κ2) is 6.33. The number of rotatable bonds is 4. The SMILES string of the molecule is CC(C)C1CCCC(Nc2ccccc2-n2ccnc2)C1. The lowest BCUT2D eigenvalue weighted by Gasteiger charge is -2.33. The van der Waals surface area contributed by atoms with Crippen LogP contribution in [0.1, 0.15) is 39.5 Å². The van der Waals surface area contributed by atoms with E-state index < -0.39 is 0 Å². The summed E-state index contributed by atoms with van der Waals surface area (Å²) in [7, 11) is 0. The third-order valence-corrected chi connectivity index (χ3v) is 4.70. The smallest absolute Gasteiger partial charge is 0.0992 e. The third kappa shape index (κ3) is 3.29. The van der Waals surface area contributed by atoms with Crippen molar-refractivity contribution in [3.63, 3.8) is 0 Å². The van der Waals surface area contributed by atoms with Crippen molar-refractivity contribution in [3.8, 4) is 5.69 Å². The van der Waals surface area contributed by atoms with E-state index >= 15 is 0 Å². The van der Waals surface area contributed by atoms with Crippen LogP contribution in [0.2, 0.25) is 0 Å². The molecule has 0 radical (unpaired) electrons. The summed E-state index contributed by atoms with van der Waals surface area (Å²) in [5.74, 6) is 1.65. The maximum absolute atomic E-state index is 4.16. The number of hydrogen-bond acceptors (Lipinski definition) is 2. The molecule has 1 saturated carbocycles. The number of para-hydroxylation sites is 2. The normalized spacial score (nSPS) is 22.4. The monoisotopic (exact) mass is 283 g/mol. The minimum Gasteiger partial charge on any atom is -0.381 e. The van der Waals surface area contributed by atoms with Crippen LogP contribution in [0.5, 0.6) is 0 Å². The number of aromatic nitrogens is 2. The Kier molecular flexibility index (Phi) is 4.28. The van der Waals surface area contributed by atoms with E-state index in [0.29, 0.717) is 6.04 Å². The molecule has 0 amide bonds. The van der Waals surface area contributed by atoms with Gasteiger partial charge in [0.2, 0.25) is 0 Å². The van der Waals surface area contributed by atoms with E-state index in [1.807, 2.05) is 18.7 Å². The van der Waals surface area contributed by atoms with Crippen molar-refractivity contribution in [1.82, 2.24) is 9.55 Å². The van der Waals surface area contributed by atoms with Gasteiger partial charge >= 0.3 is 0 Å². The Morgan fingerprint density at radius 3 is 2.86 bits per heavy atom. The lowest BCUT2D eigenvalue weighted by Crippen LogP contribution is -2.29.